The fourth-order valence-electron chi connectivity index (χ4n) is 3.89. The number of nitrogens with one attached hydrogen (secondary N) is 1. The summed E-state index contributed by atoms with van der Waals surface area (Å²) in [4.78, 5) is 2.61. The predicted molar refractivity (Wildman–Crippen MR) is 74.2 cm³/mol. The van der Waals surface area contributed by atoms with Crippen LogP contribution in [-0.2, 0) is 0 Å². The van der Waals surface area contributed by atoms with E-state index in [0.717, 1.165) is 12.0 Å². The molecule has 0 aromatic heterocycles. The molecule has 1 saturated carbocycles. The van der Waals surface area contributed by atoms with Crippen molar-refractivity contribution in [2.75, 3.05) is 19.6 Å². The van der Waals surface area contributed by atoms with Crippen LogP contribution in [0.4, 0.5) is 0 Å². The average molecular weight is 238 g/mol. The summed E-state index contributed by atoms with van der Waals surface area (Å²) in [6, 6.07) is 1.39. The number of likely N-dealkylation sites (tertiary alicyclic amines) is 1. The van der Waals surface area contributed by atoms with Gasteiger partial charge < -0.3 is 10.2 Å². The van der Waals surface area contributed by atoms with Crippen molar-refractivity contribution >= 4 is 0 Å². The maximum Gasteiger partial charge on any atom is 0.0169 e. The van der Waals surface area contributed by atoms with Gasteiger partial charge >= 0.3 is 0 Å². The summed E-state index contributed by atoms with van der Waals surface area (Å²) in [7, 11) is 0. The Morgan fingerprint density at radius 1 is 1.24 bits per heavy atom. The topological polar surface area (TPSA) is 15.3 Å². The summed E-state index contributed by atoms with van der Waals surface area (Å²) in [5.41, 5.74) is 0.546. The molecule has 2 heteroatoms. The first-order valence-corrected chi connectivity index (χ1v) is 7.45. The molecule has 0 spiro atoms. The molecule has 0 radical (unpaired) electrons. The highest BCUT2D eigenvalue weighted by Gasteiger charge is 2.37. The Bertz CT molecular complexity index is 243. The molecule has 1 saturated heterocycles. The molecule has 1 heterocycles. The van der Waals surface area contributed by atoms with Crippen LogP contribution in [0.5, 0.6) is 0 Å². The number of nitrogens with zero attached hydrogens (tertiary/aromatic N) is 1. The van der Waals surface area contributed by atoms with E-state index in [1.165, 1.54) is 45.3 Å². The quantitative estimate of drug-likeness (QED) is 0.810. The highest BCUT2D eigenvalue weighted by molar-refractivity contribution is 4.92. The van der Waals surface area contributed by atoms with Crippen molar-refractivity contribution in [1.29, 1.82) is 0 Å². The van der Waals surface area contributed by atoms with Crippen molar-refractivity contribution in [2.45, 2.75) is 65.5 Å². The molecule has 0 aromatic carbocycles. The van der Waals surface area contributed by atoms with E-state index in [2.05, 4.69) is 37.9 Å². The maximum atomic E-state index is 3.87. The summed E-state index contributed by atoms with van der Waals surface area (Å²) in [5, 5.41) is 3.87. The van der Waals surface area contributed by atoms with Crippen molar-refractivity contribution in [1.82, 2.24) is 10.2 Å². The average Bonchev–Trinajstić information content (AvgIpc) is 2.75. The van der Waals surface area contributed by atoms with Crippen molar-refractivity contribution in [3.8, 4) is 0 Å². The van der Waals surface area contributed by atoms with Gasteiger partial charge in [-0.05, 0) is 57.0 Å². The van der Waals surface area contributed by atoms with Gasteiger partial charge in [0.1, 0.15) is 0 Å². The van der Waals surface area contributed by atoms with Crippen molar-refractivity contribution < 1.29 is 0 Å². The molecule has 3 atom stereocenters. The standard InChI is InChI=1S/C15H30N2/c1-12-9-15(3,4)10-14(12)16-13(2)11-17-7-5-6-8-17/h12-14,16H,5-11H2,1-4H3. The summed E-state index contributed by atoms with van der Waals surface area (Å²) in [6.07, 6.45) is 5.53. The second kappa shape index (κ2) is 5.27. The van der Waals surface area contributed by atoms with Crippen molar-refractivity contribution in [3.05, 3.63) is 0 Å². The van der Waals surface area contributed by atoms with E-state index in [-0.39, 0.29) is 0 Å². The Hall–Kier alpha value is -0.0800. The van der Waals surface area contributed by atoms with Crippen LogP contribution in [0.15, 0.2) is 0 Å². The number of hydrogen-bond acceptors (Lipinski definition) is 2. The van der Waals surface area contributed by atoms with Crippen LogP contribution in [0, 0.1) is 11.3 Å². The first-order valence-electron chi connectivity index (χ1n) is 7.45. The number of hydrogen-bond donors (Lipinski definition) is 1. The van der Waals surface area contributed by atoms with Gasteiger partial charge in [-0.1, -0.05) is 20.8 Å². The lowest BCUT2D eigenvalue weighted by Gasteiger charge is -2.26. The van der Waals surface area contributed by atoms with Crippen LogP contribution >= 0.6 is 0 Å². The smallest absolute Gasteiger partial charge is 0.0169 e. The molecule has 0 bridgehead atoms. The molecule has 2 aliphatic rings. The van der Waals surface area contributed by atoms with Crippen LogP contribution in [0.2, 0.25) is 0 Å². The third kappa shape index (κ3) is 3.69. The Morgan fingerprint density at radius 3 is 2.41 bits per heavy atom. The van der Waals surface area contributed by atoms with Crippen LogP contribution in [0.25, 0.3) is 0 Å². The van der Waals surface area contributed by atoms with Crippen molar-refractivity contribution in [3.63, 3.8) is 0 Å². The summed E-state index contributed by atoms with van der Waals surface area (Å²) in [5.74, 6) is 0.839. The van der Waals surface area contributed by atoms with Crippen LogP contribution in [-0.4, -0.2) is 36.6 Å². The normalized spacial score (nSPS) is 35.3. The first kappa shape index (κ1) is 13.4. The highest BCUT2D eigenvalue weighted by atomic mass is 15.2. The van der Waals surface area contributed by atoms with Gasteiger partial charge in [0.15, 0.2) is 0 Å². The Balaban J connectivity index is 1.76. The third-order valence-electron chi connectivity index (χ3n) is 4.56. The van der Waals surface area contributed by atoms with E-state index in [4.69, 9.17) is 0 Å². The van der Waals surface area contributed by atoms with Gasteiger partial charge in [0, 0.05) is 18.6 Å². The first-order chi connectivity index (χ1) is 7.96. The predicted octanol–water partition coefficient (Wildman–Crippen LogP) is 2.89. The molecule has 1 aliphatic heterocycles. The molecule has 2 nitrogen and oxygen atoms in total. The molecular formula is C15H30N2. The molecule has 0 aromatic rings. The lowest BCUT2D eigenvalue weighted by atomic mass is 9.91. The maximum absolute atomic E-state index is 3.87. The third-order valence-corrected chi connectivity index (χ3v) is 4.56. The lowest BCUT2D eigenvalue weighted by Crippen LogP contribution is -2.44. The van der Waals surface area contributed by atoms with Crippen molar-refractivity contribution in [2.24, 2.45) is 11.3 Å². The minimum absolute atomic E-state index is 0.546. The molecular weight excluding hydrogens is 208 g/mol. The Kier molecular flexibility index (Phi) is 4.14. The van der Waals surface area contributed by atoms with E-state index in [1.54, 1.807) is 0 Å². The zero-order valence-electron chi connectivity index (χ0n) is 12.1. The van der Waals surface area contributed by atoms with Crippen LogP contribution in [0.3, 0.4) is 0 Å². The van der Waals surface area contributed by atoms with E-state index >= 15 is 0 Å². The lowest BCUT2D eigenvalue weighted by molar-refractivity contribution is 0.272. The minimum atomic E-state index is 0.546. The van der Waals surface area contributed by atoms with Gasteiger partial charge in [-0.2, -0.15) is 0 Å². The molecule has 1 N–H and O–H groups in total. The molecule has 17 heavy (non-hydrogen) atoms. The molecule has 0 amide bonds. The molecule has 2 rings (SSSR count). The zero-order chi connectivity index (χ0) is 12.5. The monoisotopic (exact) mass is 238 g/mol. The second-order valence-electron chi connectivity index (χ2n) is 7.23. The van der Waals surface area contributed by atoms with Crippen LogP contribution in [0.1, 0.15) is 53.4 Å². The Morgan fingerprint density at radius 2 is 1.88 bits per heavy atom. The highest BCUT2D eigenvalue weighted by Crippen LogP contribution is 2.40. The summed E-state index contributed by atoms with van der Waals surface area (Å²) < 4.78 is 0. The minimum Gasteiger partial charge on any atom is -0.310 e. The number of rotatable bonds is 4. The van der Waals surface area contributed by atoms with Gasteiger partial charge in [0.2, 0.25) is 0 Å². The fourth-order valence-corrected chi connectivity index (χ4v) is 3.89. The molecule has 100 valence electrons. The van der Waals surface area contributed by atoms with Crippen LogP contribution < -0.4 is 5.32 Å². The Labute approximate surface area is 107 Å². The van der Waals surface area contributed by atoms with Gasteiger partial charge in [-0.3, -0.25) is 0 Å². The van der Waals surface area contributed by atoms with Gasteiger partial charge in [-0.15, -0.1) is 0 Å². The van der Waals surface area contributed by atoms with Gasteiger partial charge in [0.05, 0.1) is 0 Å². The summed E-state index contributed by atoms with van der Waals surface area (Å²) in [6.45, 7) is 13.5. The van der Waals surface area contributed by atoms with E-state index in [0.29, 0.717) is 11.5 Å². The van der Waals surface area contributed by atoms with E-state index < -0.39 is 0 Å². The second-order valence-corrected chi connectivity index (χ2v) is 7.23. The van der Waals surface area contributed by atoms with Gasteiger partial charge in [-0.25, -0.2) is 0 Å². The largest absolute Gasteiger partial charge is 0.310 e. The fraction of sp³-hybridized carbons (Fsp3) is 1.00. The molecule has 2 fully saturated rings. The van der Waals surface area contributed by atoms with E-state index in [9.17, 15) is 0 Å². The summed E-state index contributed by atoms with van der Waals surface area (Å²) >= 11 is 0. The SMILES string of the molecule is CC(CN1CCCC1)NC1CC(C)(C)CC1C. The van der Waals surface area contributed by atoms with E-state index in [1.807, 2.05) is 0 Å². The molecule has 1 aliphatic carbocycles. The molecule has 3 unspecified atom stereocenters. The van der Waals surface area contributed by atoms with Gasteiger partial charge in [0.25, 0.3) is 0 Å². The zero-order valence-corrected chi connectivity index (χ0v) is 12.1.